The Balaban J connectivity index is 0.00000288. The third-order valence-electron chi connectivity index (χ3n) is 3.87. The summed E-state index contributed by atoms with van der Waals surface area (Å²) < 4.78 is 4.61. The lowest BCUT2D eigenvalue weighted by molar-refractivity contribution is -0.137. The summed E-state index contributed by atoms with van der Waals surface area (Å²) in [6, 6.07) is 7.76. The fraction of sp³-hybridized carbons (Fsp3) is 0.529. The van der Waals surface area contributed by atoms with Crippen LogP contribution < -0.4 is 10.6 Å². The number of rotatable bonds is 8. The Morgan fingerprint density at radius 1 is 1.42 bits per heavy atom. The number of hydrogen-bond donors (Lipinski definition) is 2. The number of methoxy groups -OCH3 is 1. The average Bonchev–Trinajstić information content (AvgIpc) is 3.06. The molecule has 7 heteroatoms. The molecule has 0 aliphatic carbocycles. The third kappa shape index (κ3) is 7.55. The lowest BCUT2D eigenvalue weighted by Crippen LogP contribution is -2.15. The Morgan fingerprint density at radius 2 is 2.25 bits per heavy atom. The lowest BCUT2D eigenvalue weighted by atomic mass is 10.0. The van der Waals surface area contributed by atoms with Crippen molar-refractivity contribution < 1.29 is 14.3 Å². The number of nitrogens with one attached hydrogen (secondary N) is 2. The van der Waals surface area contributed by atoms with Crippen LogP contribution in [0.3, 0.4) is 0 Å². The summed E-state index contributed by atoms with van der Waals surface area (Å²) >= 11 is 1.50. The highest BCUT2D eigenvalue weighted by Gasteiger charge is 2.15. The molecular formula is C17H25ClN2O3S. The minimum absolute atomic E-state index is 0. The Kier molecular flexibility index (Phi) is 9.83. The molecular weight excluding hydrogens is 348 g/mol. The molecule has 134 valence electrons. The van der Waals surface area contributed by atoms with Gasteiger partial charge in [-0.05, 0) is 49.5 Å². The molecule has 0 bridgehead atoms. The van der Waals surface area contributed by atoms with Gasteiger partial charge in [0.2, 0.25) is 5.91 Å². The Bertz CT molecular complexity index is 536. The number of ether oxygens (including phenoxy) is 1. The van der Waals surface area contributed by atoms with Crippen LogP contribution in [0.2, 0.25) is 0 Å². The monoisotopic (exact) mass is 372 g/mol. The third-order valence-corrected chi connectivity index (χ3v) is 4.85. The highest BCUT2D eigenvalue weighted by atomic mass is 35.5. The van der Waals surface area contributed by atoms with E-state index in [-0.39, 0.29) is 24.3 Å². The van der Waals surface area contributed by atoms with Crippen molar-refractivity contribution in [2.45, 2.75) is 25.0 Å². The summed E-state index contributed by atoms with van der Waals surface area (Å²) in [5.41, 5.74) is 1.90. The summed E-state index contributed by atoms with van der Waals surface area (Å²) in [4.78, 5) is 23.1. The van der Waals surface area contributed by atoms with Crippen molar-refractivity contribution in [1.82, 2.24) is 5.32 Å². The molecule has 1 aliphatic heterocycles. The van der Waals surface area contributed by atoms with Crippen LogP contribution in [0.25, 0.3) is 0 Å². The molecule has 0 aromatic heterocycles. The van der Waals surface area contributed by atoms with E-state index in [4.69, 9.17) is 0 Å². The van der Waals surface area contributed by atoms with E-state index >= 15 is 0 Å². The highest BCUT2D eigenvalue weighted by molar-refractivity contribution is 7.99. The fourth-order valence-corrected chi connectivity index (χ4v) is 3.37. The lowest BCUT2D eigenvalue weighted by Gasteiger charge is -2.10. The maximum absolute atomic E-state index is 12.0. The van der Waals surface area contributed by atoms with Crippen molar-refractivity contribution >= 4 is 41.7 Å². The summed E-state index contributed by atoms with van der Waals surface area (Å²) in [6.07, 6.45) is 2.67. The van der Waals surface area contributed by atoms with Crippen LogP contribution in [0, 0.1) is 5.92 Å². The number of amides is 1. The first kappa shape index (κ1) is 20.8. The molecule has 2 rings (SSSR count). The molecule has 1 saturated heterocycles. The van der Waals surface area contributed by atoms with Crippen LogP contribution >= 0.6 is 24.2 Å². The van der Waals surface area contributed by atoms with Gasteiger partial charge in [0.25, 0.3) is 0 Å². The SMILES string of the molecule is COC(=O)CSCc1cccc(NC(=O)CCC2CCNC2)c1.Cl. The Morgan fingerprint density at radius 3 is 2.96 bits per heavy atom. The second-order valence-electron chi connectivity index (χ2n) is 5.71. The van der Waals surface area contributed by atoms with Gasteiger partial charge in [0, 0.05) is 17.9 Å². The van der Waals surface area contributed by atoms with Crippen LogP contribution in [0.5, 0.6) is 0 Å². The largest absolute Gasteiger partial charge is 0.468 e. The first-order valence-electron chi connectivity index (χ1n) is 7.91. The molecule has 2 N–H and O–H groups in total. The standard InChI is InChI=1S/C17H24N2O3S.ClH/c1-22-17(21)12-23-11-14-3-2-4-15(9-14)19-16(20)6-5-13-7-8-18-10-13;/h2-4,9,13,18H,5-8,10-12H2,1H3,(H,19,20);1H. The van der Waals surface area contributed by atoms with Crippen molar-refractivity contribution in [3.05, 3.63) is 29.8 Å². The smallest absolute Gasteiger partial charge is 0.315 e. The van der Waals surface area contributed by atoms with Crippen molar-refractivity contribution in [2.75, 3.05) is 31.3 Å². The molecule has 5 nitrogen and oxygen atoms in total. The van der Waals surface area contributed by atoms with Gasteiger partial charge in [0.05, 0.1) is 12.9 Å². The molecule has 1 fully saturated rings. The number of anilines is 1. The van der Waals surface area contributed by atoms with E-state index < -0.39 is 0 Å². The van der Waals surface area contributed by atoms with Crippen LogP contribution in [-0.4, -0.2) is 37.8 Å². The van der Waals surface area contributed by atoms with E-state index in [9.17, 15) is 9.59 Å². The molecule has 1 atom stereocenters. The second-order valence-corrected chi connectivity index (χ2v) is 6.70. The molecule has 0 spiro atoms. The number of benzene rings is 1. The Hall–Kier alpha value is -1.24. The number of carbonyl (C=O) groups is 2. The van der Waals surface area contributed by atoms with E-state index in [1.54, 1.807) is 0 Å². The zero-order chi connectivity index (χ0) is 16.5. The van der Waals surface area contributed by atoms with Crippen molar-refractivity contribution in [3.63, 3.8) is 0 Å². The van der Waals surface area contributed by atoms with E-state index in [0.29, 0.717) is 23.8 Å². The van der Waals surface area contributed by atoms with Gasteiger partial charge < -0.3 is 15.4 Å². The number of hydrogen-bond acceptors (Lipinski definition) is 5. The van der Waals surface area contributed by atoms with Crippen molar-refractivity contribution in [3.8, 4) is 0 Å². The van der Waals surface area contributed by atoms with Crippen molar-refractivity contribution in [1.29, 1.82) is 0 Å². The van der Waals surface area contributed by atoms with Crippen LogP contribution in [0.4, 0.5) is 5.69 Å². The maximum atomic E-state index is 12.0. The van der Waals surface area contributed by atoms with Gasteiger partial charge in [-0.25, -0.2) is 0 Å². The Labute approximate surface area is 153 Å². The second kappa shape index (κ2) is 11.3. The van der Waals surface area contributed by atoms with E-state index in [1.807, 2.05) is 24.3 Å². The molecule has 0 saturated carbocycles. The van der Waals surface area contributed by atoms with Crippen LogP contribution in [0.1, 0.15) is 24.8 Å². The van der Waals surface area contributed by atoms with Crippen molar-refractivity contribution in [2.24, 2.45) is 5.92 Å². The molecule has 1 aliphatic rings. The summed E-state index contributed by atoms with van der Waals surface area (Å²) in [6.45, 7) is 2.09. The predicted octanol–water partition coefficient (Wildman–Crippen LogP) is 2.84. The number of thioether (sulfide) groups is 1. The van der Waals surface area contributed by atoms with Gasteiger partial charge in [-0.3, -0.25) is 9.59 Å². The zero-order valence-corrected chi connectivity index (χ0v) is 15.5. The normalized spacial score (nSPS) is 16.3. The van der Waals surface area contributed by atoms with E-state index in [0.717, 1.165) is 30.8 Å². The van der Waals surface area contributed by atoms with Gasteiger partial charge in [-0.15, -0.1) is 24.2 Å². The fourth-order valence-electron chi connectivity index (χ4n) is 2.57. The topological polar surface area (TPSA) is 67.4 Å². The van der Waals surface area contributed by atoms with E-state index in [2.05, 4.69) is 15.4 Å². The molecule has 1 heterocycles. The zero-order valence-electron chi connectivity index (χ0n) is 13.9. The first-order valence-corrected chi connectivity index (χ1v) is 9.07. The molecule has 1 amide bonds. The first-order chi connectivity index (χ1) is 11.2. The summed E-state index contributed by atoms with van der Waals surface area (Å²) in [5, 5.41) is 6.27. The number of carbonyl (C=O) groups excluding carboxylic acids is 2. The van der Waals surface area contributed by atoms with Gasteiger partial charge in [0.15, 0.2) is 0 Å². The maximum Gasteiger partial charge on any atom is 0.315 e. The molecule has 1 aromatic carbocycles. The van der Waals surface area contributed by atoms with Gasteiger partial charge in [-0.1, -0.05) is 12.1 Å². The number of halogens is 1. The summed E-state index contributed by atoms with van der Waals surface area (Å²) in [7, 11) is 1.39. The minimum atomic E-state index is -0.221. The molecule has 24 heavy (non-hydrogen) atoms. The van der Waals surface area contributed by atoms with E-state index in [1.165, 1.54) is 25.3 Å². The van der Waals surface area contributed by atoms with Gasteiger partial charge in [-0.2, -0.15) is 0 Å². The van der Waals surface area contributed by atoms with Crippen LogP contribution in [0.15, 0.2) is 24.3 Å². The molecule has 0 radical (unpaired) electrons. The van der Waals surface area contributed by atoms with Gasteiger partial charge in [0.1, 0.15) is 0 Å². The molecule has 1 unspecified atom stereocenters. The predicted molar refractivity (Wildman–Crippen MR) is 101 cm³/mol. The molecule has 1 aromatic rings. The van der Waals surface area contributed by atoms with Gasteiger partial charge >= 0.3 is 5.97 Å². The minimum Gasteiger partial charge on any atom is -0.468 e. The summed E-state index contributed by atoms with van der Waals surface area (Å²) in [5.74, 6) is 1.52. The average molecular weight is 373 g/mol. The highest BCUT2D eigenvalue weighted by Crippen LogP contribution is 2.18. The number of esters is 1. The van der Waals surface area contributed by atoms with Crippen LogP contribution in [-0.2, 0) is 20.1 Å². The quantitative estimate of drug-likeness (QED) is 0.687.